The van der Waals surface area contributed by atoms with Crippen molar-refractivity contribution in [3.63, 3.8) is 0 Å². The normalized spacial score (nSPS) is 21.6. The van der Waals surface area contributed by atoms with Gasteiger partial charge in [-0.2, -0.15) is 0 Å². The summed E-state index contributed by atoms with van der Waals surface area (Å²) in [5.74, 6) is 0.146. The van der Waals surface area contributed by atoms with Crippen LogP contribution in [0.25, 0.3) is 0 Å². The molecular formula is C24H25N3O. The third kappa shape index (κ3) is 3.04. The largest absolute Gasteiger partial charge is 0.337 e. The van der Waals surface area contributed by atoms with E-state index in [9.17, 15) is 4.79 Å². The number of nitrogens with zero attached hydrogens (tertiary/aromatic N) is 3. The topological polar surface area (TPSA) is 28.5 Å². The van der Waals surface area contributed by atoms with Crippen LogP contribution in [-0.2, 0) is 13.1 Å². The number of aromatic nitrogens is 1. The number of rotatable bonds is 4. The molecule has 2 aliphatic heterocycles. The molecule has 4 heteroatoms. The molecule has 1 fully saturated rings. The van der Waals surface area contributed by atoms with Gasteiger partial charge in [-0.1, -0.05) is 60.2 Å². The molecule has 3 heterocycles. The number of fused-ring (bicyclic) bond motifs is 3. The first-order valence-corrected chi connectivity index (χ1v) is 9.99. The second-order valence-corrected chi connectivity index (χ2v) is 8.04. The fourth-order valence-electron chi connectivity index (χ4n) is 4.76. The average molecular weight is 371 g/mol. The zero-order valence-electron chi connectivity index (χ0n) is 16.2. The van der Waals surface area contributed by atoms with Crippen LogP contribution in [0, 0.1) is 6.92 Å². The molecule has 2 aromatic carbocycles. The number of amides is 1. The maximum atomic E-state index is 13.2. The van der Waals surface area contributed by atoms with Gasteiger partial charge < -0.3 is 9.47 Å². The van der Waals surface area contributed by atoms with Crippen molar-refractivity contribution in [1.29, 1.82) is 0 Å². The van der Waals surface area contributed by atoms with Crippen molar-refractivity contribution in [2.24, 2.45) is 0 Å². The second kappa shape index (κ2) is 6.95. The molecule has 142 valence electrons. The van der Waals surface area contributed by atoms with E-state index in [1.807, 2.05) is 30.3 Å². The minimum atomic E-state index is 0.146. The van der Waals surface area contributed by atoms with Crippen molar-refractivity contribution in [2.45, 2.75) is 32.1 Å². The Labute approximate surface area is 166 Å². The van der Waals surface area contributed by atoms with Crippen LogP contribution in [0.5, 0.6) is 0 Å². The molecule has 0 bridgehead atoms. The molecule has 0 spiro atoms. The zero-order chi connectivity index (χ0) is 19.1. The molecule has 0 radical (unpaired) electrons. The Bertz CT molecular complexity index is 994. The molecule has 0 aliphatic carbocycles. The van der Waals surface area contributed by atoms with Gasteiger partial charge in [-0.3, -0.25) is 9.69 Å². The maximum Gasteiger partial charge on any atom is 0.271 e. The molecule has 28 heavy (non-hydrogen) atoms. The number of hydrogen-bond donors (Lipinski definition) is 0. The molecular weight excluding hydrogens is 346 g/mol. The lowest BCUT2D eigenvalue weighted by molar-refractivity contribution is 0.0556. The summed E-state index contributed by atoms with van der Waals surface area (Å²) in [5, 5.41) is 0. The summed E-state index contributed by atoms with van der Waals surface area (Å²) in [6.07, 6.45) is 2.07. The van der Waals surface area contributed by atoms with E-state index in [0.717, 1.165) is 25.3 Å². The molecule has 2 aliphatic rings. The van der Waals surface area contributed by atoms with E-state index < -0.39 is 0 Å². The summed E-state index contributed by atoms with van der Waals surface area (Å²) in [7, 11) is 0. The summed E-state index contributed by atoms with van der Waals surface area (Å²) >= 11 is 0. The second-order valence-electron chi connectivity index (χ2n) is 8.04. The van der Waals surface area contributed by atoms with Crippen LogP contribution in [0.1, 0.15) is 33.2 Å². The molecule has 1 aromatic heterocycles. The molecule has 4 nitrogen and oxygen atoms in total. The van der Waals surface area contributed by atoms with E-state index >= 15 is 0 Å². The minimum Gasteiger partial charge on any atom is -0.337 e. The molecule has 0 N–H and O–H groups in total. The summed E-state index contributed by atoms with van der Waals surface area (Å²) in [4.78, 5) is 17.8. The van der Waals surface area contributed by atoms with Crippen LogP contribution in [-0.4, -0.2) is 39.4 Å². The fraction of sp³-hybridized carbons (Fsp3) is 0.292. The Balaban J connectivity index is 1.43. The van der Waals surface area contributed by atoms with Gasteiger partial charge in [0.15, 0.2) is 0 Å². The maximum absolute atomic E-state index is 13.2. The Morgan fingerprint density at radius 2 is 1.64 bits per heavy atom. The van der Waals surface area contributed by atoms with Gasteiger partial charge in [-0.15, -0.1) is 0 Å². The van der Waals surface area contributed by atoms with Crippen LogP contribution in [0.2, 0.25) is 0 Å². The van der Waals surface area contributed by atoms with E-state index in [-0.39, 0.29) is 11.9 Å². The van der Waals surface area contributed by atoms with Crippen molar-refractivity contribution in [3.05, 3.63) is 95.3 Å². The quantitative estimate of drug-likeness (QED) is 0.696. The summed E-state index contributed by atoms with van der Waals surface area (Å²) < 4.78 is 2.20. The van der Waals surface area contributed by atoms with Gasteiger partial charge in [0.25, 0.3) is 5.91 Å². The summed E-state index contributed by atoms with van der Waals surface area (Å²) in [6, 6.07) is 23.5. The Morgan fingerprint density at radius 1 is 0.857 bits per heavy atom. The first-order valence-electron chi connectivity index (χ1n) is 9.99. The van der Waals surface area contributed by atoms with E-state index in [0.29, 0.717) is 12.6 Å². The van der Waals surface area contributed by atoms with Crippen LogP contribution in [0.3, 0.4) is 0 Å². The molecule has 0 saturated carbocycles. The minimum absolute atomic E-state index is 0.146. The zero-order valence-corrected chi connectivity index (χ0v) is 16.2. The first-order chi connectivity index (χ1) is 13.7. The monoisotopic (exact) mass is 371 g/mol. The lowest BCUT2D eigenvalue weighted by Crippen LogP contribution is -2.49. The van der Waals surface area contributed by atoms with Crippen LogP contribution < -0.4 is 0 Å². The van der Waals surface area contributed by atoms with Crippen LogP contribution >= 0.6 is 0 Å². The predicted octanol–water partition coefficient (Wildman–Crippen LogP) is 3.88. The van der Waals surface area contributed by atoms with E-state index in [4.69, 9.17) is 0 Å². The van der Waals surface area contributed by atoms with Gasteiger partial charge >= 0.3 is 0 Å². The number of carbonyl (C=O) groups is 1. The number of likely N-dealkylation sites (tertiary alicyclic amines) is 1. The average Bonchev–Trinajstić information content (AvgIpc) is 3.33. The third-order valence-corrected chi connectivity index (χ3v) is 6.04. The summed E-state index contributed by atoms with van der Waals surface area (Å²) in [6.45, 7) is 5.62. The van der Waals surface area contributed by atoms with E-state index in [1.165, 1.54) is 16.7 Å². The third-order valence-electron chi connectivity index (χ3n) is 6.04. The number of carbonyl (C=O) groups excluding carboxylic acids is 1. The van der Waals surface area contributed by atoms with Gasteiger partial charge in [0.1, 0.15) is 5.69 Å². The van der Waals surface area contributed by atoms with Gasteiger partial charge in [0, 0.05) is 32.4 Å². The molecule has 3 aromatic rings. The predicted molar refractivity (Wildman–Crippen MR) is 110 cm³/mol. The highest BCUT2D eigenvalue weighted by Gasteiger charge is 2.44. The number of hydrogen-bond acceptors (Lipinski definition) is 2. The molecule has 2 atom stereocenters. The van der Waals surface area contributed by atoms with Crippen molar-refractivity contribution in [1.82, 2.24) is 14.4 Å². The number of benzene rings is 2. The van der Waals surface area contributed by atoms with Gasteiger partial charge in [-0.25, -0.2) is 0 Å². The first kappa shape index (κ1) is 17.3. The highest BCUT2D eigenvalue weighted by molar-refractivity contribution is 5.94. The molecule has 1 amide bonds. The molecule has 1 saturated heterocycles. The smallest absolute Gasteiger partial charge is 0.271 e. The summed E-state index contributed by atoms with van der Waals surface area (Å²) in [5.41, 5.74) is 4.64. The highest BCUT2D eigenvalue weighted by Crippen LogP contribution is 2.35. The fourth-order valence-corrected chi connectivity index (χ4v) is 4.76. The van der Waals surface area contributed by atoms with E-state index in [1.54, 1.807) is 0 Å². The van der Waals surface area contributed by atoms with Gasteiger partial charge in [-0.05, 0) is 30.2 Å². The Hall–Kier alpha value is -2.85. The SMILES string of the molecule is Cc1cccc(CN2CC3C(C2)n2cccc2C(=O)N3Cc2ccccc2)c1. The lowest BCUT2D eigenvalue weighted by atomic mass is 10.0. The van der Waals surface area contributed by atoms with Crippen molar-refractivity contribution in [3.8, 4) is 0 Å². The van der Waals surface area contributed by atoms with Crippen molar-refractivity contribution >= 4 is 5.91 Å². The standard InChI is InChI=1S/C24H25N3O/c1-18-7-5-10-20(13-18)14-25-16-22-23(17-25)27(15-19-8-3-2-4-9-19)24(28)21-11-6-12-26(21)22/h2-13,22-23H,14-17H2,1H3. The van der Waals surface area contributed by atoms with Crippen LogP contribution in [0.15, 0.2) is 72.9 Å². The lowest BCUT2D eigenvalue weighted by Gasteiger charge is -2.38. The molecule has 2 unspecified atom stereocenters. The Morgan fingerprint density at radius 3 is 2.46 bits per heavy atom. The Kier molecular flexibility index (Phi) is 4.29. The van der Waals surface area contributed by atoms with E-state index in [2.05, 4.69) is 63.9 Å². The van der Waals surface area contributed by atoms with Gasteiger partial charge in [0.05, 0.1) is 12.1 Å². The molecule has 5 rings (SSSR count). The van der Waals surface area contributed by atoms with Crippen molar-refractivity contribution < 1.29 is 4.79 Å². The highest BCUT2D eigenvalue weighted by atomic mass is 16.2. The van der Waals surface area contributed by atoms with Crippen LogP contribution in [0.4, 0.5) is 0 Å². The van der Waals surface area contributed by atoms with Gasteiger partial charge in [0.2, 0.25) is 0 Å². The number of aryl methyl sites for hydroxylation is 1. The van der Waals surface area contributed by atoms with Crippen molar-refractivity contribution in [2.75, 3.05) is 13.1 Å².